The monoisotopic (exact) mass is 308 g/mol. The highest BCUT2D eigenvalue weighted by Crippen LogP contribution is 2.19. The molecule has 0 radical (unpaired) electrons. The minimum Gasteiger partial charge on any atom is -0.387 e. The van der Waals surface area contributed by atoms with E-state index in [0.717, 1.165) is 11.8 Å². The molecule has 0 spiro atoms. The summed E-state index contributed by atoms with van der Waals surface area (Å²) >= 11 is 5.57. The first-order valence-electron chi connectivity index (χ1n) is 6.31. The third-order valence-electron chi connectivity index (χ3n) is 2.96. The van der Waals surface area contributed by atoms with E-state index in [4.69, 9.17) is 11.6 Å². The lowest BCUT2D eigenvalue weighted by Crippen LogP contribution is -2.28. The normalized spacial score (nSPS) is 12.0. The quantitative estimate of drug-likeness (QED) is 0.913. The van der Waals surface area contributed by atoms with Crippen molar-refractivity contribution < 1.29 is 14.3 Å². The average molecular weight is 309 g/mol. The van der Waals surface area contributed by atoms with Crippen LogP contribution in [-0.2, 0) is 0 Å². The Bertz CT molecular complexity index is 647. The molecule has 1 unspecified atom stereocenters. The Hall–Kier alpha value is -1.98. The Morgan fingerprint density at radius 2 is 2.19 bits per heavy atom. The average Bonchev–Trinajstić information content (AvgIpc) is 2.48. The molecule has 6 heteroatoms. The largest absolute Gasteiger partial charge is 0.387 e. The van der Waals surface area contributed by atoms with Crippen molar-refractivity contribution >= 4 is 17.5 Å². The lowest BCUT2D eigenvalue weighted by Gasteiger charge is -2.12. The molecule has 21 heavy (non-hydrogen) atoms. The molecule has 1 aromatic carbocycles. The minimum atomic E-state index is -1.01. The summed E-state index contributed by atoms with van der Waals surface area (Å²) in [4.78, 5) is 15.9. The third kappa shape index (κ3) is 4.00. The Labute approximate surface area is 126 Å². The number of hydrogen-bond donors (Lipinski definition) is 2. The molecule has 0 aliphatic heterocycles. The van der Waals surface area contributed by atoms with Crippen LogP contribution in [0, 0.1) is 12.7 Å². The van der Waals surface area contributed by atoms with Gasteiger partial charge in [0.05, 0.1) is 16.7 Å². The first-order chi connectivity index (χ1) is 9.97. The number of aliphatic hydroxyl groups is 1. The van der Waals surface area contributed by atoms with Crippen molar-refractivity contribution in [3.63, 3.8) is 0 Å². The standard InChI is InChI=1S/C15H14ClFN2O2/c1-9-2-3-11(7-18-9)15(21)19-8-14(20)10-4-5-12(16)13(17)6-10/h2-7,14,20H,8H2,1H3,(H,19,21). The number of nitrogens with one attached hydrogen (secondary N) is 1. The fourth-order valence-corrected chi connectivity index (χ4v) is 1.85. The number of benzene rings is 1. The van der Waals surface area contributed by atoms with Gasteiger partial charge in [0.15, 0.2) is 0 Å². The molecule has 1 atom stereocenters. The Balaban J connectivity index is 1.97. The van der Waals surface area contributed by atoms with Crippen LogP contribution >= 0.6 is 11.6 Å². The van der Waals surface area contributed by atoms with Crippen molar-refractivity contribution in [2.24, 2.45) is 0 Å². The van der Waals surface area contributed by atoms with E-state index in [0.29, 0.717) is 11.1 Å². The van der Waals surface area contributed by atoms with Gasteiger partial charge in [-0.25, -0.2) is 4.39 Å². The van der Waals surface area contributed by atoms with Gasteiger partial charge in [-0.15, -0.1) is 0 Å². The maximum absolute atomic E-state index is 13.3. The van der Waals surface area contributed by atoms with E-state index in [9.17, 15) is 14.3 Å². The van der Waals surface area contributed by atoms with Crippen molar-refractivity contribution in [2.45, 2.75) is 13.0 Å². The van der Waals surface area contributed by atoms with E-state index in [-0.39, 0.29) is 17.5 Å². The maximum atomic E-state index is 13.3. The molecular weight excluding hydrogens is 295 g/mol. The van der Waals surface area contributed by atoms with Gasteiger partial charge >= 0.3 is 0 Å². The molecule has 0 saturated heterocycles. The number of rotatable bonds is 4. The van der Waals surface area contributed by atoms with Crippen LogP contribution in [-0.4, -0.2) is 22.5 Å². The van der Waals surface area contributed by atoms with Crippen LogP contribution in [0.5, 0.6) is 0 Å². The van der Waals surface area contributed by atoms with Gasteiger partial charge in [0, 0.05) is 18.4 Å². The summed E-state index contributed by atoms with van der Waals surface area (Å²) < 4.78 is 13.3. The number of carbonyl (C=O) groups excluding carboxylic acids is 1. The minimum absolute atomic E-state index is 0.0132. The smallest absolute Gasteiger partial charge is 0.252 e. The zero-order chi connectivity index (χ0) is 15.4. The number of amides is 1. The number of aliphatic hydroxyl groups excluding tert-OH is 1. The first kappa shape index (κ1) is 15.4. The summed E-state index contributed by atoms with van der Waals surface area (Å²) in [6.07, 6.45) is 0.443. The Kier molecular flexibility index (Phi) is 4.88. The van der Waals surface area contributed by atoms with Gasteiger partial charge in [-0.05, 0) is 36.8 Å². The van der Waals surface area contributed by atoms with Gasteiger partial charge in [0.25, 0.3) is 5.91 Å². The van der Waals surface area contributed by atoms with Gasteiger partial charge in [-0.3, -0.25) is 9.78 Å². The van der Waals surface area contributed by atoms with E-state index in [1.54, 1.807) is 12.1 Å². The first-order valence-corrected chi connectivity index (χ1v) is 6.69. The van der Waals surface area contributed by atoms with E-state index >= 15 is 0 Å². The Morgan fingerprint density at radius 3 is 2.81 bits per heavy atom. The summed E-state index contributed by atoms with van der Waals surface area (Å²) in [5.74, 6) is -0.960. The number of nitrogens with zero attached hydrogens (tertiary/aromatic N) is 1. The van der Waals surface area contributed by atoms with Crippen LogP contribution in [0.25, 0.3) is 0 Å². The summed E-state index contributed by atoms with van der Waals surface area (Å²) in [5, 5.41) is 12.5. The van der Waals surface area contributed by atoms with E-state index < -0.39 is 11.9 Å². The number of halogens is 2. The van der Waals surface area contributed by atoms with Gasteiger partial charge in [0.1, 0.15) is 5.82 Å². The summed E-state index contributed by atoms with van der Waals surface area (Å²) in [5.41, 5.74) is 1.55. The SMILES string of the molecule is Cc1ccc(C(=O)NCC(O)c2ccc(Cl)c(F)c2)cn1. The molecule has 0 bridgehead atoms. The number of pyridine rings is 1. The van der Waals surface area contributed by atoms with Crippen LogP contribution in [0.15, 0.2) is 36.5 Å². The molecule has 2 N–H and O–H groups in total. The number of carbonyl (C=O) groups is 1. The van der Waals surface area contributed by atoms with E-state index in [1.165, 1.54) is 18.3 Å². The molecule has 1 heterocycles. The van der Waals surface area contributed by atoms with Crippen molar-refractivity contribution in [1.82, 2.24) is 10.3 Å². The fraction of sp³-hybridized carbons (Fsp3) is 0.200. The van der Waals surface area contributed by atoms with Crippen molar-refractivity contribution in [3.8, 4) is 0 Å². The highest BCUT2D eigenvalue weighted by Gasteiger charge is 2.12. The van der Waals surface area contributed by atoms with Gasteiger partial charge in [-0.2, -0.15) is 0 Å². The lowest BCUT2D eigenvalue weighted by molar-refractivity contribution is 0.0916. The highest BCUT2D eigenvalue weighted by atomic mass is 35.5. The van der Waals surface area contributed by atoms with Crippen molar-refractivity contribution in [3.05, 3.63) is 64.2 Å². The highest BCUT2D eigenvalue weighted by molar-refractivity contribution is 6.30. The molecule has 0 saturated carbocycles. The summed E-state index contributed by atoms with van der Waals surface area (Å²) in [7, 11) is 0. The lowest BCUT2D eigenvalue weighted by atomic mass is 10.1. The number of hydrogen-bond acceptors (Lipinski definition) is 3. The second kappa shape index (κ2) is 6.65. The zero-order valence-corrected chi connectivity index (χ0v) is 12.1. The second-order valence-corrected chi connectivity index (χ2v) is 4.99. The summed E-state index contributed by atoms with van der Waals surface area (Å²) in [6.45, 7) is 1.79. The molecule has 1 amide bonds. The molecular formula is C15H14ClFN2O2. The predicted molar refractivity (Wildman–Crippen MR) is 77.7 cm³/mol. The molecule has 2 aromatic rings. The predicted octanol–water partition coefficient (Wildman–Crippen LogP) is 2.65. The van der Waals surface area contributed by atoms with Crippen molar-refractivity contribution in [1.29, 1.82) is 0 Å². The molecule has 4 nitrogen and oxygen atoms in total. The molecule has 110 valence electrons. The van der Waals surface area contributed by atoms with Gasteiger partial charge < -0.3 is 10.4 Å². The van der Waals surface area contributed by atoms with Crippen LogP contribution in [0.2, 0.25) is 5.02 Å². The summed E-state index contributed by atoms with van der Waals surface area (Å²) in [6, 6.07) is 7.38. The van der Waals surface area contributed by atoms with E-state index in [2.05, 4.69) is 10.3 Å². The molecule has 0 aliphatic carbocycles. The van der Waals surface area contributed by atoms with Crippen molar-refractivity contribution in [2.75, 3.05) is 6.54 Å². The fourth-order valence-electron chi connectivity index (χ4n) is 1.73. The second-order valence-electron chi connectivity index (χ2n) is 4.59. The van der Waals surface area contributed by atoms with Crippen LogP contribution in [0.1, 0.15) is 27.7 Å². The third-order valence-corrected chi connectivity index (χ3v) is 3.26. The molecule has 2 rings (SSSR count). The van der Waals surface area contributed by atoms with Gasteiger partial charge in [-0.1, -0.05) is 17.7 Å². The molecule has 1 aromatic heterocycles. The van der Waals surface area contributed by atoms with Crippen LogP contribution in [0.4, 0.5) is 4.39 Å². The Morgan fingerprint density at radius 1 is 1.43 bits per heavy atom. The molecule has 0 fully saturated rings. The zero-order valence-electron chi connectivity index (χ0n) is 11.3. The molecule has 0 aliphatic rings. The number of aryl methyl sites for hydroxylation is 1. The van der Waals surface area contributed by atoms with Gasteiger partial charge in [0.2, 0.25) is 0 Å². The van der Waals surface area contributed by atoms with E-state index in [1.807, 2.05) is 6.92 Å². The topological polar surface area (TPSA) is 62.2 Å². The maximum Gasteiger partial charge on any atom is 0.252 e. The number of aromatic nitrogens is 1. The van der Waals surface area contributed by atoms with Crippen LogP contribution < -0.4 is 5.32 Å². The van der Waals surface area contributed by atoms with Crippen LogP contribution in [0.3, 0.4) is 0 Å².